The van der Waals surface area contributed by atoms with E-state index >= 15 is 0 Å². The molecule has 7 heteroatoms. The highest BCUT2D eigenvalue weighted by atomic mass is 35.5. The van der Waals surface area contributed by atoms with Crippen LogP contribution in [0.1, 0.15) is 35.7 Å². The zero-order valence-corrected chi connectivity index (χ0v) is 18.5. The lowest BCUT2D eigenvalue weighted by atomic mass is 9.95. The van der Waals surface area contributed by atoms with Gasteiger partial charge in [0, 0.05) is 37.6 Å². The van der Waals surface area contributed by atoms with Crippen LogP contribution in [-0.2, 0) is 31.2 Å². The molecule has 2 aromatic carbocycles. The molecule has 31 heavy (non-hydrogen) atoms. The van der Waals surface area contributed by atoms with Crippen molar-refractivity contribution in [2.75, 3.05) is 13.1 Å². The van der Waals surface area contributed by atoms with E-state index in [0.29, 0.717) is 31.1 Å². The number of aromatic nitrogens is 3. The number of likely N-dealkylation sites (tertiary alicyclic amines) is 1. The predicted octanol–water partition coefficient (Wildman–Crippen LogP) is 3.43. The van der Waals surface area contributed by atoms with Crippen LogP contribution in [0.15, 0.2) is 59.4 Å². The number of piperidine rings is 1. The van der Waals surface area contributed by atoms with Crippen LogP contribution in [0.3, 0.4) is 0 Å². The fourth-order valence-corrected chi connectivity index (χ4v) is 4.32. The van der Waals surface area contributed by atoms with E-state index < -0.39 is 0 Å². The lowest BCUT2D eigenvalue weighted by molar-refractivity contribution is -0.131. The predicted molar refractivity (Wildman–Crippen MR) is 121 cm³/mol. The summed E-state index contributed by atoms with van der Waals surface area (Å²) in [6.45, 7) is 1.98. The van der Waals surface area contributed by atoms with Crippen LogP contribution in [0.25, 0.3) is 0 Å². The molecule has 1 saturated heterocycles. The van der Waals surface area contributed by atoms with Crippen molar-refractivity contribution in [3.8, 4) is 0 Å². The highest BCUT2D eigenvalue weighted by Gasteiger charge is 2.28. The van der Waals surface area contributed by atoms with Crippen LogP contribution in [0.4, 0.5) is 0 Å². The Morgan fingerprint density at radius 1 is 1.03 bits per heavy atom. The van der Waals surface area contributed by atoms with Gasteiger partial charge in [-0.2, -0.15) is 5.10 Å². The molecule has 0 aliphatic carbocycles. The number of nitrogens with zero attached hydrogens (tertiary/aromatic N) is 4. The summed E-state index contributed by atoms with van der Waals surface area (Å²) >= 11 is 5.93. The van der Waals surface area contributed by atoms with E-state index in [1.165, 1.54) is 10.2 Å². The third-order valence-electron chi connectivity index (χ3n) is 5.99. The molecule has 1 aliphatic heterocycles. The third kappa shape index (κ3) is 5.07. The van der Waals surface area contributed by atoms with Gasteiger partial charge in [0.2, 0.25) is 5.91 Å². The normalized spacial score (nSPS) is 14.7. The molecule has 0 spiro atoms. The minimum atomic E-state index is -0.0767. The summed E-state index contributed by atoms with van der Waals surface area (Å²) in [5, 5.41) is 5.22. The van der Waals surface area contributed by atoms with Crippen LogP contribution in [-0.4, -0.2) is 38.2 Å². The smallest absolute Gasteiger partial charge is 0.342 e. The van der Waals surface area contributed by atoms with Gasteiger partial charge in [-0.15, -0.1) is 0 Å². The number of carbonyl (C=O) groups is 1. The molecule has 1 fully saturated rings. The van der Waals surface area contributed by atoms with Gasteiger partial charge in [-0.3, -0.25) is 9.36 Å². The van der Waals surface area contributed by atoms with E-state index in [2.05, 4.69) is 17.2 Å². The minimum absolute atomic E-state index is 0.0767. The molecule has 162 valence electrons. The van der Waals surface area contributed by atoms with E-state index in [1.807, 2.05) is 51.9 Å². The maximum absolute atomic E-state index is 12.7. The Bertz CT molecular complexity index is 1080. The lowest BCUT2D eigenvalue weighted by Crippen LogP contribution is -2.39. The highest BCUT2D eigenvalue weighted by Crippen LogP contribution is 2.27. The van der Waals surface area contributed by atoms with Gasteiger partial charge in [-0.1, -0.05) is 54.1 Å². The Kier molecular flexibility index (Phi) is 6.56. The fourth-order valence-electron chi connectivity index (χ4n) is 4.20. The van der Waals surface area contributed by atoms with E-state index in [-0.39, 0.29) is 17.5 Å². The quantitative estimate of drug-likeness (QED) is 0.592. The SMILES string of the molecule is Cn1nc(C2CCN(C(=O)Cc3ccc(Cl)cc3)CC2)n(CCc2ccccc2)c1=O. The van der Waals surface area contributed by atoms with Crippen molar-refractivity contribution < 1.29 is 4.79 Å². The molecule has 0 atom stereocenters. The first-order valence-electron chi connectivity index (χ1n) is 10.7. The molecular weight excluding hydrogens is 412 g/mol. The number of rotatable bonds is 6. The van der Waals surface area contributed by atoms with Crippen molar-refractivity contribution in [1.82, 2.24) is 19.2 Å². The van der Waals surface area contributed by atoms with Crippen LogP contribution < -0.4 is 5.69 Å². The van der Waals surface area contributed by atoms with E-state index in [1.54, 1.807) is 7.05 Å². The average molecular weight is 439 g/mol. The summed E-state index contributed by atoms with van der Waals surface area (Å²) in [6, 6.07) is 17.6. The van der Waals surface area contributed by atoms with Crippen molar-refractivity contribution in [2.45, 2.75) is 38.1 Å². The second kappa shape index (κ2) is 9.52. The third-order valence-corrected chi connectivity index (χ3v) is 6.24. The number of halogens is 1. The largest absolute Gasteiger partial charge is 0.345 e. The number of hydrogen-bond donors (Lipinski definition) is 0. The van der Waals surface area contributed by atoms with Gasteiger partial charge >= 0.3 is 5.69 Å². The minimum Gasteiger partial charge on any atom is -0.342 e. The molecule has 3 aromatic rings. The Labute approximate surface area is 187 Å². The van der Waals surface area contributed by atoms with Gasteiger partial charge < -0.3 is 4.90 Å². The first-order chi connectivity index (χ1) is 15.0. The van der Waals surface area contributed by atoms with Gasteiger partial charge in [-0.25, -0.2) is 9.48 Å². The molecule has 0 radical (unpaired) electrons. The molecular formula is C24H27ClN4O2. The molecule has 6 nitrogen and oxygen atoms in total. The molecule has 0 unspecified atom stereocenters. The summed E-state index contributed by atoms with van der Waals surface area (Å²) in [5.41, 5.74) is 2.09. The van der Waals surface area contributed by atoms with Gasteiger partial charge in [0.05, 0.1) is 6.42 Å². The Hall–Kier alpha value is -2.86. The first-order valence-corrected chi connectivity index (χ1v) is 11.1. The molecule has 0 saturated carbocycles. The van der Waals surface area contributed by atoms with Gasteiger partial charge in [0.15, 0.2) is 0 Å². The van der Waals surface area contributed by atoms with Crippen LogP contribution >= 0.6 is 11.6 Å². The van der Waals surface area contributed by atoms with Gasteiger partial charge in [0.1, 0.15) is 5.82 Å². The molecule has 4 rings (SSSR count). The van der Waals surface area contributed by atoms with Crippen LogP contribution in [0, 0.1) is 0 Å². The summed E-state index contributed by atoms with van der Waals surface area (Å²) in [4.78, 5) is 27.3. The molecule has 1 aromatic heterocycles. The van der Waals surface area contributed by atoms with E-state index in [4.69, 9.17) is 11.6 Å². The second-order valence-electron chi connectivity index (χ2n) is 8.11. The number of carbonyl (C=O) groups excluding carboxylic acids is 1. The molecule has 1 aliphatic rings. The Morgan fingerprint density at radius 3 is 2.39 bits per heavy atom. The maximum Gasteiger partial charge on any atom is 0.345 e. The number of aryl methyl sites for hydroxylation is 2. The molecule has 2 heterocycles. The maximum atomic E-state index is 12.7. The van der Waals surface area contributed by atoms with Crippen LogP contribution in [0.5, 0.6) is 0 Å². The summed E-state index contributed by atoms with van der Waals surface area (Å²) in [5.74, 6) is 1.15. The van der Waals surface area contributed by atoms with Crippen LogP contribution in [0.2, 0.25) is 5.02 Å². The number of benzene rings is 2. The van der Waals surface area contributed by atoms with E-state index in [9.17, 15) is 9.59 Å². The molecule has 1 amide bonds. The summed E-state index contributed by atoms with van der Waals surface area (Å²) in [6.07, 6.45) is 2.80. The topological polar surface area (TPSA) is 60.1 Å². The second-order valence-corrected chi connectivity index (χ2v) is 8.55. The fraction of sp³-hybridized carbons (Fsp3) is 0.375. The molecule has 0 N–H and O–H groups in total. The first kappa shape index (κ1) is 21.4. The highest BCUT2D eigenvalue weighted by molar-refractivity contribution is 6.30. The van der Waals surface area contributed by atoms with Crippen molar-refractivity contribution in [1.29, 1.82) is 0 Å². The van der Waals surface area contributed by atoms with Gasteiger partial charge in [0.25, 0.3) is 0 Å². The lowest BCUT2D eigenvalue weighted by Gasteiger charge is -2.31. The Morgan fingerprint density at radius 2 is 1.71 bits per heavy atom. The molecule has 0 bridgehead atoms. The van der Waals surface area contributed by atoms with Crippen molar-refractivity contribution in [2.24, 2.45) is 7.05 Å². The average Bonchev–Trinajstić information content (AvgIpc) is 3.08. The van der Waals surface area contributed by atoms with Crippen molar-refractivity contribution >= 4 is 17.5 Å². The Balaban J connectivity index is 1.39. The number of hydrogen-bond acceptors (Lipinski definition) is 3. The monoisotopic (exact) mass is 438 g/mol. The van der Waals surface area contributed by atoms with E-state index in [0.717, 1.165) is 30.7 Å². The summed E-state index contributed by atoms with van der Waals surface area (Å²) < 4.78 is 3.24. The zero-order chi connectivity index (χ0) is 21.8. The van der Waals surface area contributed by atoms with Crippen molar-refractivity contribution in [3.05, 3.63) is 87.1 Å². The zero-order valence-electron chi connectivity index (χ0n) is 17.7. The summed E-state index contributed by atoms with van der Waals surface area (Å²) in [7, 11) is 1.70. The van der Waals surface area contributed by atoms with Crippen molar-refractivity contribution in [3.63, 3.8) is 0 Å². The standard InChI is InChI=1S/C24H27ClN4O2/c1-27-24(31)29(16-11-18-5-3-2-4-6-18)23(26-27)20-12-14-28(15-13-20)22(30)17-19-7-9-21(25)10-8-19/h2-10,20H,11-17H2,1H3. The van der Waals surface area contributed by atoms with Gasteiger partial charge in [-0.05, 0) is 42.5 Å². The number of amides is 1.